The predicted octanol–water partition coefficient (Wildman–Crippen LogP) is 0.869. The van der Waals surface area contributed by atoms with Crippen molar-refractivity contribution in [3.05, 3.63) is 24.3 Å². The zero-order chi connectivity index (χ0) is 14.5. The van der Waals surface area contributed by atoms with Gasteiger partial charge in [0.05, 0.1) is 12.8 Å². The van der Waals surface area contributed by atoms with Crippen LogP contribution in [0.25, 0.3) is 0 Å². The van der Waals surface area contributed by atoms with Crippen molar-refractivity contribution in [3.8, 4) is 5.75 Å². The molecule has 9 heteroatoms. The van der Waals surface area contributed by atoms with Crippen LogP contribution in [-0.4, -0.2) is 50.1 Å². The molecular formula is C13H22Cl2N6O. The first-order valence-corrected chi connectivity index (χ1v) is 6.43. The number of methoxy groups -OCH3 is 1. The Kier molecular flexibility index (Phi) is 8.44. The van der Waals surface area contributed by atoms with Crippen molar-refractivity contribution in [1.29, 1.82) is 5.41 Å². The molecule has 0 aliphatic carbocycles. The molecule has 1 aliphatic heterocycles. The van der Waals surface area contributed by atoms with E-state index in [1.165, 1.54) is 0 Å². The van der Waals surface area contributed by atoms with E-state index in [1.807, 2.05) is 29.2 Å². The number of halogens is 2. The van der Waals surface area contributed by atoms with Crippen LogP contribution in [0.4, 0.5) is 5.69 Å². The molecule has 0 atom stereocenters. The van der Waals surface area contributed by atoms with Gasteiger partial charge in [0.25, 0.3) is 0 Å². The van der Waals surface area contributed by atoms with Crippen LogP contribution in [0.2, 0.25) is 0 Å². The number of hydrogen-bond acceptors (Lipinski definition) is 3. The van der Waals surface area contributed by atoms with Gasteiger partial charge in [-0.3, -0.25) is 5.41 Å². The number of aliphatic imine (C=N–C) groups is 1. The summed E-state index contributed by atoms with van der Waals surface area (Å²) in [5.41, 5.74) is 11.7. The van der Waals surface area contributed by atoms with Gasteiger partial charge in [-0.05, 0) is 12.1 Å². The van der Waals surface area contributed by atoms with Crippen molar-refractivity contribution in [1.82, 2.24) is 4.90 Å². The predicted molar refractivity (Wildman–Crippen MR) is 94.8 cm³/mol. The first-order valence-electron chi connectivity index (χ1n) is 6.43. The molecular weight excluding hydrogens is 327 g/mol. The van der Waals surface area contributed by atoms with Gasteiger partial charge in [0.2, 0.25) is 5.96 Å². The maximum Gasteiger partial charge on any atom is 0.221 e. The van der Waals surface area contributed by atoms with Gasteiger partial charge in [-0.25, -0.2) is 0 Å². The van der Waals surface area contributed by atoms with Crippen LogP contribution >= 0.6 is 24.8 Å². The third-order valence-corrected chi connectivity index (χ3v) is 3.24. The standard InChI is InChI=1S/C13H20N6O.2ClH/c1-20-11-5-3-2-4-10(11)18-6-8-19(9-7-18)13(16)17-12(14)15;;/h2-5H,6-9H2,1H3,(H5,14,15,16,17);2*1H. The van der Waals surface area contributed by atoms with E-state index in [0.717, 1.165) is 24.5 Å². The minimum Gasteiger partial charge on any atom is -0.495 e. The number of rotatable bonds is 2. The molecule has 0 radical (unpaired) electrons. The topological polar surface area (TPSA) is 104 Å². The molecule has 1 aromatic rings. The number of guanidine groups is 2. The lowest BCUT2D eigenvalue weighted by molar-refractivity contribution is 0.373. The maximum atomic E-state index is 7.80. The Labute approximate surface area is 142 Å². The van der Waals surface area contributed by atoms with Crippen LogP contribution in [0.15, 0.2) is 29.3 Å². The number of nitrogens with zero attached hydrogens (tertiary/aromatic N) is 3. The van der Waals surface area contributed by atoms with Crippen LogP contribution in [0.3, 0.4) is 0 Å². The van der Waals surface area contributed by atoms with E-state index in [4.69, 9.17) is 21.6 Å². The molecule has 1 aromatic carbocycles. The minimum absolute atomic E-state index is 0. The number of nitrogens with one attached hydrogen (secondary N) is 1. The van der Waals surface area contributed by atoms with Crippen molar-refractivity contribution in [2.75, 3.05) is 38.2 Å². The molecule has 0 aromatic heterocycles. The summed E-state index contributed by atoms with van der Waals surface area (Å²) >= 11 is 0. The Bertz CT molecular complexity index is 513. The highest BCUT2D eigenvalue weighted by molar-refractivity contribution is 5.91. The lowest BCUT2D eigenvalue weighted by atomic mass is 10.2. The molecule has 7 nitrogen and oxygen atoms in total. The average Bonchev–Trinajstić information content (AvgIpc) is 2.46. The van der Waals surface area contributed by atoms with E-state index < -0.39 is 0 Å². The molecule has 1 fully saturated rings. The van der Waals surface area contributed by atoms with Crippen molar-refractivity contribution in [2.45, 2.75) is 0 Å². The van der Waals surface area contributed by atoms with Gasteiger partial charge in [-0.15, -0.1) is 24.8 Å². The van der Waals surface area contributed by atoms with Crippen molar-refractivity contribution >= 4 is 42.4 Å². The zero-order valence-electron chi connectivity index (χ0n) is 12.4. The van der Waals surface area contributed by atoms with E-state index in [1.54, 1.807) is 7.11 Å². The summed E-state index contributed by atoms with van der Waals surface area (Å²) in [5.74, 6) is 0.895. The quantitative estimate of drug-likeness (QED) is 0.543. The van der Waals surface area contributed by atoms with E-state index >= 15 is 0 Å². The third-order valence-electron chi connectivity index (χ3n) is 3.24. The molecule has 0 saturated carbocycles. The fourth-order valence-electron chi connectivity index (χ4n) is 2.24. The second kappa shape index (κ2) is 9.22. The Balaban J connectivity index is 0.00000220. The van der Waals surface area contributed by atoms with Crippen molar-refractivity contribution < 1.29 is 4.74 Å². The van der Waals surface area contributed by atoms with Gasteiger partial charge in [-0.2, -0.15) is 4.99 Å². The highest BCUT2D eigenvalue weighted by Crippen LogP contribution is 2.28. The van der Waals surface area contributed by atoms with Gasteiger partial charge in [-0.1, -0.05) is 12.1 Å². The smallest absolute Gasteiger partial charge is 0.221 e. The lowest BCUT2D eigenvalue weighted by Crippen LogP contribution is -2.48. The maximum absolute atomic E-state index is 7.80. The van der Waals surface area contributed by atoms with Gasteiger partial charge in [0.1, 0.15) is 5.75 Å². The first-order chi connectivity index (χ1) is 9.61. The highest BCUT2D eigenvalue weighted by atomic mass is 35.5. The molecule has 22 heavy (non-hydrogen) atoms. The van der Waals surface area contributed by atoms with E-state index in [-0.39, 0.29) is 36.7 Å². The van der Waals surface area contributed by atoms with Crippen LogP contribution in [0.5, 0.6) is 5.75 Å². The molecule has 0 amide bonds. The summed E-state index contributed by atoms with van der Waals surface area (Å²) in [4.78, 5) is 7.86. The fraction of sp³-hybridized carbons (Fsp3) is 0.385. The monoisotopic (exact) mass is 348 g/mol. The Morgan fingerprint density at radius 1 is 1.14 bits per heavy atom. The third kappa shape index (κ3) is 4.85. The number of anilines is 1. The van der Waals surface area contributed by atoms with Crippen LogP contribution in [0.1, 0.15) is 0 Å². The Hall–Kier alpha value is -1.86. The fourth-order valence-corrected chi connectivity index (χ4v) is 2.24. The molecule has 2 rings (SSSR count). The molecule has 5 N–H and O–H groups in total. The second-order valence-corrected chi connectivity index (χ2v) is 4.51. The van der Waals surface area contributed by atoms with Gasteiger partial charge in [0, 0.05) is 26.2 Å². The summed E-state index contributed by atoms with van der Waals surface area (Å²) in [6.45, 7) is 2.99. The summed E-state index contributed by atoms with van der Waals surface area (Å²) in [6.07, 6.45) is 0. The summed E-state index contributed by atoms with van der Waals surface area (Å²) in [7, 11) is 1.67. The first kappa shape index (κ1) is 20.1. The van der Waals surface area contributed by atoms with E-state index in [9.17, 15) is 0 Å². The molecule has 1 aliphatic rings. The zero-order valence-corrected chi connectivity index (χ0v) is 14.0. The van der Waals surface area contributed by atoms with Crippen LogP contribution < -0.4 is 21.1 Å². The molecule has 0 spiro atoms. The van der Waals surface area contributed by atoms with Crippen molar-refractivity contribution in [3.63, 3.8) is 0 Å². The average molecular weight is 349 g/mol. The highest BCUT2D eigenvalue weighted by Gasteiger charge is 2.20. The number of hydrogen-bond donors (Lipinski definition) is 3. The number of ether oxygens (including phenoxy) is 1. The number of piperazine rings is 1. The number of benzene rings is 1. The molecule has 0 unspecified atom stereocenters. The molecule has 124 valence electrons. The normalized spacial score (nSPS) is 13.5. The van der Waals surface area contributed by atoms with Gasteiger partial charge < -0.3 is 26.0 Å². The lowest BCUT2D eigenvalue weighted by Gasteiger charge is -2.36. The second-order valence-electron chi connectivity index (χ2n) is 4.51. The van der Waals surface area contributed by atoms with Gasteiger partial charge in [0.15, 0.2) is 5.96 Å². The molecule has 0 bridgehead atoms. The van der Waals surface area contributed by atoms with Crippen molar-refractivity contribution in [2.24, 2.45) is 16.5 Å². The summed E-state index contributed by atoms with van der Waals surface area (Å²) < 4.78 is 5.37. The number of para-hydroxylation sites is 2. The SMILES string of the molecule is COc1ccccc1N1CCN(C(=N)N=C(N)N)CC1.Cl.Cl. The molecule has 1 saturated heterocycles. The number of nitrogens with two attached hydrogens (primary N) is 2. The summed E-state index contributed by atoms with van der Waals surface area (Å²) in [5, 5.41) is 7.80. The van der Waals surface area contributed by atoms with E-state index in [0.29, 0.717) is 13.1 Å². The largest absolute Gasteiger partial charge is 0.495 e. The minimum atomic E-state index is -0.0813. The summed E-state index contributed by atoms with van der Waals surface area (Å²) in [6, 6.07) is 7.93. The van der Waals surface area contributed by atoms with E-state index in [2.05, 4.69) is 9.89 Å². The van der Waals surface area contributed by atoms with Gasteiger partial charge >= 0.3 is 0 Å². The Morgan fingerprint density at radius 2 is 1.73 bits per heavy atom. The van der Waals surface area contributed by atoms with Crippen LogP contribution in [-0.2, 0) is 0 Å². The van der Waals surface area contributed by atoms with Crippen LogP contribution in [0, 0.1) is 5.41 Å². The Morgan fingerprint density at radius 3 is 2.27 bits per heavy atom. The molecule has 1 heterocycles.